The molecule has 6 rings (SSSR count). The van der Waals surface area contributed by atoms with Crippen LogP contribution in [0.4, 0.5) is 17.1 Å². The lowest BCUT2D eigenvalue weighted by molar-refractivity contribution is -0.136. The van der Waals surface area contributed by atoms with Crippen LogP contribution in [0.25, 0.3) is 11.4 Å². The SMILES string of the molecule is CNC(=O)c1nnc(C(NC(=O)CCCCCCNc2cccc3c2C(=O)N(C2CCC(=O)NC2=O)C3=O)C(N)=O)cc1Nc1cccc(-c2ncn(C)n2)c1OC. The van der Waals surface area contributed by atoms with Crippen LogP contribution >= 0.6 is 0 Å². The molecule has 302 valence electrons. The second-order valence-electron chi connectivity index (χ2n) is 13.5. The van der Waals surface area contributed by atoms with Crippen molar-refractivity contribution in [2.24, 2.45) is 12.8 Å². The van der Waals surface area contributed by atoms with Crippen LogP contribution in [-0.2, 0) is 26.2 Å². The molecule has 0 saturated carbocycles. The summed E-state index contributed by atoms with van der Waals surface area (Å²) in [6.45, 7) is 0.462. The van der Waals surface area contributed by atoms with Crippen molar-refractivity contribution in [3.05, 3.63) is 71.3 Å². The zero-order chi connectivity index (χ0) is 41.5. The third-order valence-corrected chi connectivity index (χ3v) is 9.58. The molecule has 2 aliphatic heterocycles. The van der Waals surface area contributed by atoms with Crippen molar-refractivity contribution in [1.82, 2.24) is 45.8 Å². The number of piperidine rings is 1. The first kappa shape index (κ1) is 40.4. The summed E-state index contributed by atoms with van der Waals surface area (Å²) < 4.78 is 7.23. The normalized spacial score (nSPS) is 15.4. The van der Waals surface area contributed by atoms with Gasteiger partial charge >= 0.3 is 0 Å². The molecule has 0 bridgehead atoms. The molecule has 4 heterocycles. The Morgan fingerprint density at radius 1 is 0.966 bits per heavy atom. The van der Waals surface area contributed by atoms with Crippen LogP contribution in [0.1, 0.15) is 87.9 Å². The van der Waals surface area contributed by atoms with Crippen LogP contribution in [0.3, 0.4) is 0 Å². The number of carbonyl (C=O) groups is 7. The summed E-state index contributed by atoms with van der Waals surface area (Å²) in [5, 5.41) is 26.1. The molecule has 1 saturated heterocycles. The molecule has 2 aromatic carbocycles. The predicted octanol–water partition coefficient (Wildman–Crippen LogP) is 1.49. The lowest BCUT2D eigenvalue weighted by atomic mass is 10.0. The summed E-state index contributed by atoms with van der Waals surface area (Å²) >= 11 is 0. The number of hydrogen-bond donors (Lipinski definition) is 6. The minimum atomic E-state index is -1.36. The van der Waals surface area contributed by atoms with E-state index in [-0.39, 0.29) is 47.5 Å². The maximum absolute atomic E-state index is 13.3. The number of nitrogens with one attached hydrogen (secondary N) is 5. The number of anilines is 3. The zero-order valence-electron chi connectivity index (χ0n) is 32.0. The van der Waals surface area contributed by atoms with E-state index in [9.17, 15) is 33.6 Å². The highest BCUT2D eigenvalue weighted by Crippen LogP contribution is 2.37. The van der Waals surface area contributed by atoms with Crippen molar-refractivity contribution in [2.75, 3.05) is 31.3 Å². The van der Waals surface area contributed by atoms with Gasteiger partial charge in [0.15, 0.2) is 23.3 Å². The number of aromatic nitrogens is 5. The van der Waals surface area contributed by atoms with Crippen molar-refractivity contribution in [2.45, 2.75) is 57.0 Å². The van der Waals surface area contributed by atoms with E-state index >= 15 is 0 Å². The second kappa shape index (κ2) is 17.7. The second-order valence-corrected chi connectivity index (χ2v) is 13.5. The van der Waals surface area contributed by atoms with Crippen LogP contribution < -0.4 is 37.1 Å². The van der Waals surface area contributed by atoms with E-state index in [1.807, 2.05) is 0 Å². The minimum Gasteiger partial charge on any atom is -0.494 e. The van der Waals surface area contributed by atoms with Crippen LogP contribution in [0, 0.1) is 0 Å². The fourth-order valence-corrected chi connectivity index (χ4v) is 6.74. The molecule has 0 spiro atoms. The first-order valence-corrected chi connectivity index (χ1v) is 18.5. The third kappa shape index (κ3) is 8.59. The highest BCUT2D eigenvalue weighted by molar-refractivity contribution is 6.25. The van der Waals surface area contributed by atoms with Gasteiger partial charge in [-0.15, -0.1) is 5.10 Å². The van der Waals surface area contributed by atoms with Gasteiger partial charge in [-0.2, -0.15) is 10.2 Å². The molecule has 0 aliphatic carbocycles. The average Bonchev–Trinajstić information content (AvgIpc) is 3.75. The first-order chi connectivity index (χ1) is 27.9. The Labute approximate surface area is 331 Å². The molecular formula is C38H42N12O8. The van der Waals surface area contributed by atoms with E-state index in [1.54, 1.807) is 48.4 Å². The summed E-state index contributed by atoms with van der Waals surface area (Å²) in [7, 11) is 4.64. The van der Waals surface area contributed by atoms with E-state index in [0.29, 0.717) is 60.7 Å². The van der Waals surface area contributed by atoms with Gasteiger partial charge in [-0.3, -0.25) is 48.5 Å². The summed E-state index contributed by atoms with van der Waals surface area (Å²) in [4.78, 5) is 94.0. The van der Waals surface area contributed by atoms with Gasteiger partial charge in [0, 0.05) is 39.2 Å². The number of nitrogens with two attached hydrogens (primary N) is 1. The number of primary amides is 1. The molecule has 20 nitrogen and oxygen atoms in total. The van der Waals surface area contributed by atoms with Crippen LogP contribution in [0.5, 0.6) is 5.75 Å². The first-order valence-electron chi connectivity index (χ1n) is 18.5. The van der Waals surface area contributed by atoms with Gasteiger partial charge < -0.3 is 31.7 Å². The lowest BCUT2D eigenvalue weighted by Crippen LogP contribution is -2.54. The van der Waals surface area contributed by atoms with Gasteiger partial charge in [0.1, 0.15) is 12.4 Å². The Hall–Kier alpha value is -7.25. The molecule has 7 amide bonds. The smallest absolute Gasteiger partial charge is 0.273 e. The molecule has 4 aromatic rings. The summed E-state index contributed by atoms with van der Waals surface area (Å²) in [6.07, 6.45) is 4.26. The molecule has 20 heteroatoms. The van der Waals surface area contributed by atoms with E-state index < -0.39 is 53.4 Å². The Morgan fingerprint density at radius 2 is 1.71 bits per heavy atom. The zero-order valence-corrected chi connectivity index (χ0v) is 32.0. The highest BCUT2D eigenvalue weighted by Gasteiger charge is 2.45. The number of ether oxygens (including phenoxy) is 1. The summed E-state index contributed by atoms with van der Waals surface area (Å²) in [5.41, 5.74) is 7.60. The molecule has 7 N–H and O–H groups in total. The fraction of sp³-hybridized carbons (Fsp3) is 0.342. The highest BCUT2D eigenvalue weighted by atomic mass is 16.5. The topological polar surface area (TPSA) is 275 Å². The van der Waals surface area contributed by atoms with Crippen molar-refractivity contribution in [3.63, 3.8) is 0 Å². The van der Waals surface area contributed by atoms with Crippen LogP contribution in [0.15, 0.2) is 48.8 Å². The van der Waals surface area contributed by atoms with E-state index in [0.717, 1.165) is 4.90 Å². The van der Waals surface area contributed by atoms with Gasteiger partial charge in [-0.1, -0.05) is 25.0 Å². The van der Waals surface area contributed by atoms with E-state index in [1.165, 1.54) is 26.3 Å². The van der Waals surface area contributed by atoms with Gasteiger partial charge in [-0.25, -0.2) is 4.98 Å². The minimum absolute atomic E-state index is 0.00333. The number of benzene rings is 2. The van der Waals surface area contributed by atoms with Gasteiger partial charge in [-0.05, 0) is 49.6 Å². The number of hydrogen-bond acceptors (Lipinski definition) is 14. The number of para-hydroxylation sites is 1. The lowest BCUT2D eigenvalue weighted by Gasteiger charge is -2.27. The quantitative estimate of drug-likeness (QED) is 0.0653. The Morgan fingerprint density at radius 3 is 2.40 bits per heavy atom. The van der Waals surface area contributed by atoms with Gasteiger partial charge in [0.2, 0.25) is 23.6 Å². The number of aryl methyl sites for hydroxylation is 1. The van der Waals surface area contributed by atoms with Crippen molar-refractivity contribution >= 4 is 58.4 Å². The predicted molar refractivity (Wildman–Crippen MR) is 206 cm³/mol. The molecule has 2 unspecified atom stereocenters. The summed E-state index contributed by atoms with van der Waals surface area (Å²) in [6, 6.07) is 9.08. The number of nitrogens with zero attached hydrogens (tertiary/aromatic N) is 6. The van der Waals surface area contributed by atoms with Crippen molar-refractivity contribution < 1.29 is 38.3 Å². The summed E-state index contributed by atoms with van der Waals surface area (Å²) in [5.74, 6) is -3.42. The number of amides is 7. The fourth-order valence-electron chi connectivity index (χ4n) is 6.74. The van der Waals surface area contributed by atoms with Crippen LogP contribution in [-0.4, -0.2) is 98.0 Å². The monoisotopic (exact) mass is 794 g/mol. The molecule has 2 aromatic heterocycles. The number of fused-ring (bicyclic) bond motifs is 1. The third-order valence-electron chi connectivity index (χ3n) is 9.58. The van der Waals surface area contributed by atoms with E-state index in [4.69, 9.17) is 10.5 Å². The molecule has 2 atom stereocenters. The molecule has 58 heavy (non-hydrogen) atoms. The maximum atomic E-state index is 13.3. The van der Waals surface area contributed by atoms with Crippen molar-refractivity contribution in [3.8, 4) is 17.1 Å². The molecule has 1 fully saturated rings. The largest absolute Gasteiger partial charge is 0.494 e. The van der Waals surface area contributed by atoms with Gasteiger partial charge in [0.05, 0.1) is 40.9 Å². The Bertz CT molecular complexity index is 2290. The Balaban J connectivity index is 1.03. The van der Waals surface area contributed by atoms with Gasteiger partial charge in [0.25, 0.3) is 17.7 Å². The molecule has 2 aliphatic rings. The number of rotatable bonds is 17. The number of carbonyl (C=O) groups excluding carboxylic acids is 7. The molecular weight excluding hydrogens is 752 g/mol. The number of methoxy groups -OCH3 is 1. The van der Waals surface area contributed by atoms with Crippen molar-refractivity contribution in [1.29, 1.82) is 0 Å². The Kier molecular flexibility index (Phi) is 12.3. The number of imide groups is 2. The van der Waals surface area contributed by atoms with Crippen LogP contribution in [0.2, 0.25) is 0 Å². The van der Waals surface area contributed by atoms with E-state index in [2.05, 4.69) is 46.9 Å². The number of unbranched alkanes of at least 4 members (excludes halogenated alkanes) is 3. The average molecular weight is 795 g/mol. The maximum Gasteiger partial charge on any atom is 0.273 e. The standard InChI is InChI=1S/C38H42N12O8/c1-40-36(55)31-24(43-23-13-9-11-21(32(23)58-3)34-42-19-49(2)48-34)18-25(46-47-31)30(33(39)53)44-27(51)14-6-4-5-7-17-41-22-12-8-10-20-29(22)38(57)50(37(20)56)26-15-16-28(52)45-35(26)54/h8-13,18-19,26,30,41H,4-7,14-17H2,1-3H3,(H2,39,53)(H,40,55)(H,43,46)(H,44,51)(H,45,52,54). The molecule has 0 radical (unpaired) electrons.